The summed E-state index contributed by atoms with van der Waals surface area (Å²) < 4.78 is 60.5. The van der Waals surface area contributed by atoms with Gasteiger partial charge >= 0.3 is 0 Å². The van der Waals surface area contributed by atoms with Gasteiger partial charge < -0.3 is 15.8 Å². The molecule has 13 heteroatoms. The van der Waals surface area contributed by atoms with E-state index in [-0.39, 0.29) is 36.6 Å². The van der Waals surface area contributed by atoms with Crippen LogP contribution in [0.1, 0.15) is 49.3 Å². The molecule has 0 fully saturated rings. The molecular formula is C27H34F2N6O4S. The van der Waals surface area contributed by atoms with Crippen molar-refractivity contribution in [1.82, 2.24) is 19.4 Å². The van der Waals surface area contributed by atoms with E-state index in [9.17, 15) is 22.0 Å². The first kappa shape index (κ1) is 29.4. The zero-order valence-corrected chi connectivity index (χ0v) is 23.7. The third-order valence-corrected chi connectivity index (χ3v) is 8.64. The number of carbonyl (C=O) groups excluding carboxylic acids is 1. The Labute approximate surface area is 232 Å². The summed E-state index contributed by atoms with van der Waals surface area (Å²) in [6, 6.07) is 7.70. The first-order valence-electron chi connectivity index (χ1n) is 13.0. The predicted molar refractivity (Wildman–Crippen MR) is 148 cm³/mol. The van der Waals surface area contributed by atoms with E-state index in [1.54, 1.807) is 18.2 Å². The van der Waals surface area contributed by atoms with Crippen molar-refractivity contribution >= 4 is 27.4 Å². The Hall–Kier alpha value is -3.55. The minimum absolute atomic E-state index is 0.0730. The highest BCUT2D eigenvalue weighted by Crippen LogP contribution is 2.29. The molecule has 2 heterocycles. The number of aromatic nitrogens is 2. The monoisotopic (exact) mass is 576 g/mol. The summed E-state index contributed by atoms with van der Waals surface area (Å²) in [5.74, 6) is -1.83. The molecule has 10 nitrogen and oxygen atoms in total. The molecule has 0 spiro atoms. The molecule has 4 rings (SSSR count). The number of anilines is 2. The lowest BCUT2D eigenvalue weighted by Crippen LogP contribution is -2.39. The minimum Gasteiger partial charge on any atom is -0.492 e. The molecule has 40 heavy (non-hydrogen) atoms. The maximum Gasteiger partial charge on any atom is 0.258 e. The second kappa shape index (κ2) is 11.9. The molecule has 0 saturated heterocycles. The number of fused-ring (bicyclic) bond motifs is 1. The largest absolute Gasteiger partial charge is 0.492 e. The smallest absolute Gasteiger partial charge is 0.258 e. The van der Waals surface area contributed by atoms with Crippen molar-refractivity contribution in [1.29, 1.82) is 0 Å². The summed E-state index contributed by atoms with van der Waals surface area (Å²) in [4.78, 5) is 14.9. The Morgan fingerprint density at radius 1 is 1.15 bits per heavy atom. The van der Waals surface area contributed by atoms with E-state index in [1.807, 2.05) is 0 Å². The van der Waals surface area contributed by atoms with Crippen LogP contribution in [-0.2, 0) is 23.0 Å². The second-order valence-electron chi connectivity index (χ2n) is 10.2. The molecule has 0 bridgehead atoms. The summed E-state index contributed by atoms with van der Waals surface area (Å²) in [7, 11) is -4.20. The van der Waals surface area contributed by atoms with Gasteiger partial charge in [-0.1, -0.05) is 0 Å². The van der Waals surface area contributed by atoms with Crippen LogP contribution < -0.4 is 15.8 Å². The van der Waals surface area contributed by atoms with Crippen molar-refractivity contribution < 1.29 is 26.7 Å². The maximum absolute atomic E-state index is 13.7. The first-order chi connectivity index (χ1) is 18.9. The van der Waals surface area contributed by atoms with Crippen molar-refractivity contribution in [3.8, 4) is 5.75 Å². The van der Waals surface area contributed by atoms with Crippen LogP contribution in [-0.4, -0.2) is 65.5 Å². The van der Waals surface area contributed by atoms with E-state index < -0.39 is 32.5 Å². The predicted octanol–water partition coefficient (Wildman–Crippen LogP) is 3.77. The molecule has 2 aromatic carbocycles. The van der Waals surface area contributed by atoms with Gasteiger partial charge in [0.15, 0.2) is 5.82 Å². The number of nitrogens with zero attached hydrogens (tertiary/aromatic N) is 3. The van der Waals surface area contributed by atoms with Gasteiger partial charge in [0.05, 0.1) is 10.5 Å². The Morgan fingerprint density at radius 2 is 1.82 bits per heavy atom. The van der Waals surface area contributed by atoms with Crippen LogP contribution in [0.25, 0.3) is 0 Å². The number of nitrogens with two attached hydrogens (primary N) is 1. The highest BCUT2D eigenvalue weighted by Gasteiger charge is 2.32. The number of halogens is 2. The summed E-state index contributed by atoms with van der Waals surface area (Å²) in [5, 5.41) is 9.66. The molecule has 0 atom stereocenters. The van der Waals surface area contributed by atoms with E-state index in [2.05, 4.69) is 48.1 Å². The van der Waals surface area contributed by atoms with Crippen LogP contribution in [0.15, 0.2) is 41.3 Å². The lowest BCUT2D eigenvalue weighted by atomic mass is 10.1. The number of sulfonamides is 1. The van der Waals surface area contributed by atoms with Gasteiger partial charge in [-0.05, 0) is 52.0 Å². The highest BCUT2D eigenvalue weighted by molar-refractivity contribution is 7.89. The van der Waals surface area contributed by atoms with Crippen molar-refractivity contribution in [2.75, 3.05) is 30.7 Å². The van der Waals surface area contributed by atoms with Gasteiger partial charge in [-0.15, -0.1) is 0 Å². The lowest BCUT2D eigenvalue weighted by Gasteiger charge is -2.30. The SMILES string of the molecule is CC(C)N(CCOc1ccc(C(=O)Nc2n[nH]c3c2CN(S(=O)(=O)c2cc(F)cc(F)c2)CC3)c(N)c1)C(C)C. The van der Waals surface area contributed by atoms with Crippen molar-refractivity contribution in [2.24, 2.45) is 0 Å². The van der Waals surface area contributed by atoms with Crippen LogP contribution >= 0.6 is 0 Å². The Morgan fingerprint density at radius 3 is 2.45 bits per heavy atom. The van der Waals surface area contributed by atoms with Crippen LogP contribution in [0.2, 0.25) is 0 Å². The van der Waals surface area contributed by atoms with Gasteiger partial charge in [0, 0.05) is 67.2 Å². The molecule has 0 radical (unpaired) electrons. The third kappa shape index (κ3) is 6.43. The molecule has 1 aliphatic heterocycles. The first-order valence-corrected chi connectivity index (χ1v) is 14.4. The van der Waals surface area contributed by atoms with E-state index in [4.69, 9.17) is 10.5 Å². The number of hydrogen-bond donors (Lipinski definition) is 3. The van der Waals surface area contributed by atoms with E-state index in [0.717, 1.165) is 23.0 Å². The molecule has 1 aromatic heterocycles. The highest BCUT2D eigenvalue weighted by atomic mass is 32.2. The number of rotatable bonds is 10. The zero-order valence-electron chi connectivity index (χ0n) is 22.9. The summed E-state index contributed by atoms with van der Waals surface area (Å²) >= 11 is 0. The summed E-state index contributed by atoms with van der Waals surface area (Å²) in [6.45, 7) is 9.64. The van der Waals surface area contributed by atoms with Gasteiger partial charge in [-0.3, -0.25) is 14.8 Å². The Balaban J connectivity index is 1.44. The maximum atomic E-state index is 13.7. The number of benzene rings is 2. The van der Waals surface area contributed by atoms with Crippen LogP contribution in [0, 0.1) is 11.6 Å². The molecule has 0 aliphatic carbocycles. The van der Waals surface area contributed by atoms with Gasteiger partial charge in [0.25, 0.3) is 5.91 Å². The second-order valence-corrected chi connectivity index (χ2v) is 12.1. The average molecular weight is 577 g/mol. The van der Waals surface area contributed by atoms with Gasteiger partial charge in [-0.2, -0.15) is 9.40 Å². The molecular weight excluding hydrogens is 542 g/mol. The van der Waals surface area contributed by atoms with Gasteiger partial charge in [0.1, 0.15) is 24.0 Å². The van der Waals surface area contributed by atoms with Crippen molar-refractivity contribution in [2.45, 2.75) is 57.6 Å². The van der Waals surface area contributed by atoms with Crippen LogP contribution in [0.4, 0.5) is 20.3 Å². The molecule has 1 amide bonds. The standard InChI is InChI=1S/C27H34F2N6O4S/c1-16(2)35(17(3)4)9-10-39-20-5-6-22(24(30)14-20)27(36)31-26-23-15-34(8-7-25(23)32-33-26)40(37,38)21-12-18(28)11-19(29)13-21/h5-6,11-14,16-17H,7-10,15,30H2,1-4H3,(H2,31,32,33,36). The fraction of sp³-hybridized carbons (Fsp3) is 0.407. The number of ether oxygens (including phenoxy) is 1. The normalized spacial score (nSPS) is 14.1. The van der Waals surface area contributed by atoms with Gasteiger partial charge in [0.2, 0.25) is 10.0 Å². The molecule has 1 aliphatic rings. The van der Waals surface area contributed by atoms with Crippen molar-refractivity contribution in [3.05, 3.63) is 64.9 Å². The molecule has 4 N–H and O–H groups in total. The topological polar surface area (TPSA) is 134 Å². The molecule has 3 aromatic rings. The summed E-state index contributed by atoms with van der Waals surface area (Å²) in [5.41, 5.74) is 7.68. The number of nitrogen functional groups attached to an aromatic ring is 1. The zero-order chi connectivity index (χ0) is 29.2. The third-order valence-electron chi connectivity index (χ3n) is 6.82. The van der Waals surface area contributed by atoms with E-state index in [0.29, 0.717) is 41.8 Å². The molecule has 216 valence electrons. The fourth-order valence-electron chi connectivity index (χ4n) is 4.80. The number of carbonyl (C=O) groups is 1. The number of nitrogens with one attached hydrogen (secondary N) is 2. The number of amides is 1. The van der Waals surface area contributed by atoms with Crippen LogP contribution in [0.5, 0.6) is 5.75 Å². The minimum atomic E-state index is -4.20. The average Bonchev–Trinajstić information content (AvgIpc) is 3.27. The summed E-state index contributed by atoms with van der Waals surface area (Å²) in [6.07, 6.45) is 0.272. The number of H-pyrrole nitrogens is 1. The lowest BCUT2D eigenvalue weighted by molar-refractivity contribution is 0.102. The molecule has 0 saturated carbocycles. The quantitative estimate of drug-likeness (QED) is 0.313. The van der Waals surface area contributed by atoms with Crippen LogP contribution in [0.3, 0.4) is 0 Å². The fourth-order valence-corrected chi connectivity index (χ4v) is 6.25. The molecule has 0 unspecified atom stereocenters. The Bertz CT molecular complexity index is 1460. The van der Waals surface area contributed by atoms with Gasteiger partial charge in [-0.25, -0.2) is 17.2 Å². The number of hydrogen-bond acceptors (Lipinski definition) is 7. The van der Waals surface area contributed by atoms with E-state index >= 15 is 0 Å². The van der Waals surface area contributed by atoms with E-state index in [1.165, 1.54) is 0 Å². The Kier molecular flexibility index (Phi) is 8.76. The van der Waals surface area contributed by atoms with Crippen molar-refractivity contribution in [3.63, 3.8) is 0 Å². The number of aromatic amines is 1.